The molecule has 0 spiro atoms. The molecule has 1 aliphatic rings. The first-order valence-electron chi connectivity index (χ1n) is 6.68. The van der Waals surface area contributed by atoms with Gasteiger partial charge in [0.05, 0.1) is 6.42 Å². The Labute approximate surface area is 115 Å². The number of nitrogens with zero attached hydrogens (tertiary/aromatic N) is 2. The second kappa shape index (κ2) is 6.24. The van der Waals surface area contributed by atoms with Crippen LogP contribution in [0.1, 0.15) is 25.0 Å². The molecule has 3 nitrogen and oxygen atoms in total. The zero-order valence-corrected chi connectivity index (χ0v) is 11.1. The molecule has 1 atom stereocenters. The van der Waals surface area contributed by atoms with Gasteiger partial charge in [0, 0.05) is 31.4 Å². The van der Waals surface area contributed by atoms with Crippen LogP contribution in [0, 0.1) is 5.92 Å². The van der Waals surface area contributed by atoms with Gasteiger partial charge in [-0.25, -0.2) is 0 Å². The standard InChI is InChI=1S/C14H17F3N2O/c15-14(16,17)6-4-13(20)19-8-5-11(10-19)9-12-3-1-2-7-18-12/h1-3,7,11H,4-6,8-10H2. The first-order chi connectivity index (χ1) is 9.44. The fraction of sp³-hybridized carbons (Fsp3) is 0.571. The lowest BCUT2D eigenvalue weighted by atomic mass is 10.0. The van der Waals surface area contributed by atoms with Gasteiger partial charge in [-0.15, -0.1) is 0 Å². The maximum Gasteiger partial charge on any atom is 0.389 e. The molecule has 2 rings (SSSR count). The van der Waals surface area contributed by atoms with E-state index in [2.05, 4.69) is 4.98 Å². The Kier molecular flexibility index (Phi) is 4.62. The number of aromatic nitrogens is 1. The van der Waals surface area contributed by atoms with E-state index in [0.717, 1.165) is 18.5 Å². The van der Waals surface area contributed by atoms with Crippen molar-refractivity contribution in [2.24, 2.45) is 5.92 Å². The third kappa shape index (κ3) is 4.51. The summed E-state index contributed by atoms with van der Waals surface area (Å²) in [6, 6.07) is 5.67. The Morgan fingerprint density at radius 1 is 1.40 bits per heavy atom. The summed E-state index contributed by atoms with van der Waals surface area (Å²) in [5.74, 6) is -0.106. The first-order valence-corrected chi connectivity index (χ1v) is 6.68. The normalized spacial score (nSPS) is 19.4. The molecule has 0 aliphatic carbocycles. The van der Waals surface area contributed by atoms with Crippen LogP contribution in [0.4, 0.5) is 13.2 Å². The second-order valence-electron chi connectivity index (χ2n) is 5.13. The van der Waals surface area contributed by atoms with Crippen molar-refractivity contribution in [3.8, 4) is 0 Å². The molecular formula is C14H17F3N2O. The fourth-order valence-electron chi connectivity index (χ4n) is 2.45. The molecule has 1 saturated heterocycles. The minimum atomic E-state index is -4.26. The second-order valence-corrected chi connectivity index (χ2v) is 5.13. The Hall–Kier alpha value is -1.59. The van der Waals surface area contributed by atoms with E-state index in [-0.39, 0.29) is 0 Å². The number of carbonyl (C=O) groups excluding carboxylic acids is 1. The molecule has 0 radical (unpaired) electrons. The van der Waals surface area contributed by atoms with Crippen LogP contribution in [0.3, 0.4) is 0 Å². The van der Waals surface area contributed by atoms with Crippen LogP contribution >= 0.6 is 0 Å². The van der Waals surface area contributed by atoms with Gasteiger partial charge in [-0.3, -0.25) is 9.78 Å². The maximum atomic E-state index is 12.1. The zero-order valence-electron chi connectivity index (χ0n) is 11.1. The van der Waals surface area contributed by atoms with Crippen LogP contribution in [-0.4, -0.2) is 35.1 Å². The molecule has 6 heteroatoms. The summed E-state index contributed by atoms with van der Waals surface area (Å²) < 4.78 is 36.3. The number of rotatable bonds is 4. The predicted octanol–water partition coefficient (Wildman–Crippen LogP) is 2.82. The minimum Gasteiger partial charge on any atom is -0.342 e. The van der Waals surface area contributed by atoms with E-state index in [1.807, 2.05) is 18.2 Å². The third-order valence-corrected chi connectivity index (χ3v) is 3.48. The summed E-state index contributed by atoms with van der Waals surface area (Å²) in [6.07, 6.45) is -2.43. The highest BCUT2D eigenvalue weighted by molar-refractivity contribution is 5.76. The van der Waals surface area contributed by atoms with Gasteiger partial charge in [-0.2, -0.15) is 13.2 Å². The highest BCUT2D eigenvalue weighted by Gasteiger charge is 2.31. The van der Waals surface area contributed by atoms with Gasteiger partial charge in [-0.05, 0) is 30.9 Å². The molecule has 2 heterocycles. The van der Waals surface area contributed by atoms with E-state index in [9.17, 15) is 18.0 Å². The van der Waals surface area contributed by atoms with Gasteiger partial charge >= 0.3 is 6.18 Å². The number of amides is 1. The Bertz CT molecular complexity index is 447. The summed E-state index contributed by atoms with van der Waals surface area (Å²) in [4.78, 5) is 17.5. The van der Waals surface area contributed by atoms with Crippen molar-refractivity contribution in [2.45, 2.75) is 31.9 Å². The van der Waals surface area contributed by atoms with E-state index >= 15 is 0 Å². The zero-order chi connectivity index (χ0) is 14.6. The lowest BCUT2D eigenvalue weighted by Gasteiger charge is -2.17. The highest BCUT2D eigenvalue weighted by Crippen LogP contribution is 2.24. The maximum absolute atomic E-state index is 12.1. The number of pyridine rings is 1. The van der Waals surface area contributed by atoms with Gasteiger partial charge in [0.25, 0.3) is 0 Å². The summed E-state index contributed by atoms with van der Waals surface area (Å²) >= 11 is 0. The van der Waals surface area contributed by atoms with Crippen molar-refractivity contribution >= 4 is 5.91 Å². The van der Waals surface area contributed by atoms with E-state index in [0.29, 0.717) is 19.0 Å². The van der Waals surface area contributed by atoms with Crippen molar-refractivity contribution in [3.05, 3.63) is 30.1 Å². The molecular weight excluding hydrogens is 269 g/mol. The Morgan fingerprint density at radius 2 is 2.20 bits per heavy atom. The molecule has 0 saturated carbocycles. The van der Waals surface area contributed by atoms with Gasteiger partial charge in [0.1, 0.15) is 0 Å². The predicted molar refractivity (Wildman–Crippen MR) is 67.9 cm³/mol. The summed E-state index contributed by atoms with van der Waals surface area (Å²) in [5, 5.41) is 0. The largest absolute Gasteiger partial charge is 0.389 e. The molecule has 0 N–H and O–H groups in total. The SMILES string of the molecule is O=C(CCC(F)(F)F)N1CCC(Cc2ccccn2)C1. The van der Waals surface area contributed by atoms with Crippen LogP contribution in [-0.2, 0) is 11.2 Å². The molecule has 1 aliphatic heterocycles. The van der Waals surface area contributed by atoms with Gasteiger partial charge in [-0.1, -0.05) is 6.07 Å². The lowest BCUT2D eigenvalue weighted by molar-refractivity contribution is -0.148. The van der Waals surface area contributed by atoms with E-state index in [4.69, 9.17) is 0 Å². The quantitative estimate of drug-likeness (QED) is 0.852. The van der Waals surface area contributed by atoms with Crippen LogP contribution in [0.25, 0.3) is 0 Å². The summed E-state index contributed by atoms with van der Waals surface area (Å²) in [7, 11) is 0. The lowest BCUT2D eigenvalue weighted by Crippen LogP contribution is -2.29. The monoisotopic (exact) mass is 286 g/mol. The van der Waals surface area contributed by atoms with Crippen molar-refractivity contribution in [3.63, 3.8) is 0 Å². The summed E-state index contributed by atoms with van der Waals surface area (Å²) in [6.45, 7) is 1.08. The van der Waals surface area contributed by atoms with Crippen molar-refractivity contribution < 1.29 is 18.0 Å². The molecule has 1 unspecified atom stereocenters. The van der Waals surface area contributed by atoms with Crippen LogP contribution in [0.15, 0.2) is 24.4 Å². The van der Waals surface area contributed by atoms with Gasteiger partial charge in [0.15, 0.2) is 0 Å². The van der Waals surface area contributed by atoms with E-state index in [1.165, 1.54) is 0 Å². The molecule has 1 aromatic rings. The first kappa shape index (κ1) is 14.8. The van der Waals surface area contributed by atoms with Crippen molar-refractivity contribution in [1.82, 2.24) is 9.88 Å². The number of halogens is 3. The van der Waals surface area contributed by atoms with Crippen LogP contribution in [0.2, 0.25) is 0 Å². The molecule has 1 aromatic heterocycles. The average molecular weight is 286 g/mol. The molecule has 1 amide bonds. The minimum absolute atomic E-state index is 0.291. The molecule has 0 bridgehead atoms. The number of hydrogen-bond acceptors (Lipinski definition) is 2. The average Bonchev–Trinajstić information content (AvgIpc) is 2.85. The third-order valence-electron chi connectivity index (χ3n) is 3.48. The van der Waals surface area contributed by atoms with Crippen LogP contribution < -0.4 is 0 Å². The number of likely N-dealkylation sites (tertiary alicyclic amines) is 1. The van der Waals surface area contributed by atoms with E-state index in [1.54, 1.807) is 11.1 Å². The molecule has 1 fully saturated rings. The van der Waals surface area contributed by atoms with Crippen LogP contribution in [0.5, 0.6) is 0 Å². The summed E-state index contributed by atoms with van der Waals surface area (Å²) in [5.41, 5.74) is 0.960. The Balaban J connectivity index is 1.79. The topological polar surface area (TPSA) is 33.2 Å². The highest BCUT2D eigenvalue weighted by atomic mass is 19.4. The molecule has 20 heavy (non-hydrogen) atoms. The smallest absolute Gasteiger partial charge is 0.342 e. The number of carbonyl (C=O) groups is 1. The van der Waals surface area contributed by atoms with Crippen molar-refractivity contribution in [1.29, 1.82) is 0 Å². The Morgan fingerprint density at radius 3 is 2.85 bits per heavy atom. The number of hydrogen-bond donors (Lipinski definition) is 0. The van der Waals surface area contributed by atoms with Crippen molar-refractivity contribution in [2.75, 3.05) is 13.1 Å². The fourth-order valence-corrected chi connectivity index (χ4v) is 2.45. The van der Waals surface area contributed by atoms with E-state index < -0.39 is 24.9 Å². The molecule has 0 aromatic carbocycles. The molecule has 110 valence electrons. The van der Waals surface area contributed by atoms with Gasteiger partial charge < -0.3 is 4.90 Å². The number of alkyl halides is 3. The van der Waals surface area contributed by atoms with Gasteiger partial charge in [0.2, 0.25) is 5.91 Å².